The summed E-state index contributed by atoms with van der Waals surface area (Å²) in [4.78, 5) is 15.4. The highest BCUT2D eigenvalue weighted by Gasteiger charge is 2.12. The monoisotopic (exact) mass is 229 g/mol. The molecule has 1 aromatic rings. The molecular weight excluding hydrogens is 214 g/mol. The van der Waals surface area contributed by atoms with E-state index in [0.29, 0.717) is 6.61 Å². The zero-order chi connectivity index (χ0) is 11.3. The molecule has 0 aliphatic heterocycles. The van der Waals surface area contributed by atoms with Gasteiger partial charge in [0.15, 0.2) is 0 Å². The molecule has 0 saturated carbocycles. The van der Waals surface area contributed by atoms with Crippen molar-refractivity contribution in [2.45, 2.75) is 19.3 Å². The smallest absolute Gasteiger partial charge is 0.311 e. The predicted molar refractivity (Wildman–Crippen MR) is 58.1 cm³/mol. The van der Waals surface area contributed by atoms with Gasteiger partial charge in [0.05, 0.1) is 30.8 Å². The van der Waals surface area contributed by atoms with Crippen LogP contribution in [0.4, 0.5) is 0 Å². The van der Waals surface area contributed by atoms with E-state index in [9.17, 15) is 4.79 Å². The Bertz CT molecular complexity index is 324. The van der Waals surface area contributed by atoms with Crippen LogP contribution < -0.4 is 0 Å². The third kappa shape index (κ3) is 3.60. The van der Waals surface area contributed by atoms with Crippen molar-refractivity contribution < 1.29 is 14.3 Å². The molecule has 15 heavy (non-hydrogen) atoms. The van der Waals surface area contributed by atoms with Crippen LogP contribution in [0.15, 0.2) is 5.38 Å². The highest BCUT2D eigenvalue weighted by atomic mass is 32.1. The Morgan fingerprint density at radius 3 is 2.93 bits per heavy atom. The topological polar surface area (TPSA) is 48.4 Å². The van der Waals surface area contributed by atoms with E-state index in [4.69, 9.17) is 4.74 Å². The summed E-state index contributed by atoms with van der Waals surface area (Å²) in [5.41, 5.74) is 0.768. The van der Waals surface area contributed by atoms with Gasteiger partial charge in [-0.3, -0.25) is 4.79 Å². The van der Waals surface area contributed by atoms with Crippen molar-refractivity contribution in [2.24, 2.45) is 0 Å². The van der Waals surface area contributed by atoms with Gasteiger partial charge in [-0.25, -0.2) is 4.98 Å². The van der Waals surface area contributed by atoms with E-state index in [1.54, 1.807) is 18.4 Å². The number of rotatable bonds is 5. The van der Waals surface area contributed by atoms with Crippen LogP contribution in [0.1, 0.15) is 23.5 Å². The molecule has 1 unspecified atom stereocenters. The second kappa shape index (κ2) is 5.82. The molecule has 0 aliphatic carbocycles. The van der Waals surface area contributed by atoms with Crippen LogP contribution in [0.5, 0.6) is 0 Å². The average molecular weight is 229 g/mol. The minimum Gasteiger partial charge on any atom is -0.469 e. The van der Waals surface area contributed by atoms with Crippen LogP contribution in [0.3, 0.4) is 0 Å². The summed E-state index contributed by atoms with van der Waals surface area (Å²) in [6, 6.07) is 0. The van der Waals surface area contributed by atoms with E-state index in [-0.39, 0.29) is 18.3 Å². The van der Waals surface area contributed by atoms with Crippen LogP contribution in [0, 0.1) is 0 Å². The summed E-state index contributed by atoms with van der Waals surface area (Å²) in [6.45, 7) is 2.69. The van der Waals surface area contributed by atoms with Crippen LogP contribution in [-0.2, 0) is 20.7 Å². The molecule has 0 radical (unpaired) electrons. The fraction of sp³-hybridized carbons (Fsp3) is 0.600. The molecule has 0 fully saturated rings. The summed E-state index contributed by atoms with van der Waals surface area (Å²) in [7, 11) is 3.04. The molecule has 1 aromatic heterocycles. The second-order valence-corrected chi connectivity index (χ2v) is 4.18. The number of aromatic nitrogens is 1. The third-order valence-electron chi connectivity index (χ3n) is 1.96. The fourth-order valence-electron chi connectivity index (χ4n) is 1.17. The van der Waals surface area contributed by atoms with E-state index in [1.165, 1.54) is 7.11 Å². The summed E-state index contributed by atoms with van der Waals surface area (Å²) < 4.78 is 9.62. The van der Waals surface area contributed by atoms with Crippen LogP contribution >= 0.6 is 11.3 Å². The predicted octanol–water partition coefficient (Wildman–Crippen LogP) is 1.61. The average Bonchev–Trinajstić information content (AvgIpc) is 2.66. The lowest BCUT2D eigenvalue weighted by molar-refractivity contribution is -0.139. The molecule has 5 heteroatoms. The molecule has 0 aliphatic rings. The van der Waals surface area contributed by atoms with Gasteiger partial charge in [0.2, 0.25) is 0 Å². The molecule has 84 valence electrons. The summed E-state index contributed by atoms with van der Waals surface area (Å²) in [6.07, 6.45) is 0.243. The van der Waals surface area contributed by atoms with Crippen LogP contribution in [0.2, 0.25) is 0 Å². The summed E-state index contributed by atoms with van der Waals surface area (Å²) >= 11 is 1.55. The number of carbonyl (C=O) groups is 1. The maximum Gasteiger partial charge on any atom is 0.311 e. The van der Waals surface area contributed by atoms with Gasteiger partial charge in [-0.05, 0) is 0 Å². The van der Waals surface area contributed by atoms with Gasteiger partial charge in [-0.1, -0.05) is 6.92 Å². The molecule has 0 saturated heterocycles. The molecular formula is C10H15NO3S. The first-order valence-electron chi connectivity index (χ1n) is 4.67. The first-order valence-corrected chi connectivity index (χ1v) is 5.55. The molecule has 0 spiro atoms. The molecule has 1 rings (SSSR count). The Balaban J connectivity index is 2.59. The normalized spacial score (nSPS) is 12.5. The highest BCUT2D eigenvalue weighted by molar-refractivity contribution is 7.09. The molecule has 0 amide bonds. The maximum atomic E-state index is 11.0. The van der Waals surface area contributed by atoms with Gasteiger partial charge >= 0.3 is 5.97 Å². The van der Waals surface area contributed by atoms with Gasteiger partial charge in [0.25, 0.3) is 0 Å². The quantitative estimate of drug-likeness (QED) is 0.720. The Morgan fingerprint density at radius 1 is 1.60 bits per heavy atom. The van der Waals surface area contributed by atoms with Crippen molar-refractivity contribution in [3.63, 3.8) is 0 Å². The number of hydrogen-bond donors (Lipinski definition) is 0. The first-order chi connectivity index (χ1) is 7.17. The summed E-state index contributed by atoms with van der Waals surface area (Å²) in [5, 5.41) is 2.88. The summed E-state index contributed by atoms with van der Waals surface area (Å²) in [5.74, 6) is 0.0117. The zero-order valence-corrected chi connectivity index (χ0v) is 9.97. The number of hydrogen-bond acceptors (Lipinski definition) is 5. The van der Waals surface area contributed by atoms with Crippen LogP contribution in [-0.4, -0.2) is 31.8 Å². The minimum atomic E-state index is -0.258. The molecule has 0 bridgehead atoms. The van der Waals surface area contributed by atoms with Gasteiger partial charge in [-0.15, -0.1) is 11.3 Å². The van der Waals surface area contributed by atoms with Crippen molar-refractivity contribution in [1.82, 2.24) is 4.98 Å². The minimum absolute atomic E-state index is 0.243. The first kappa shape index (κ1) is 12.1. The fourth-order valence-corrected chi connectivity index (χ4v) is 2.03. The number of thiazole rings is 1. The molecule has 1 atom stereocenters. The lowest BCUT2D eigenvalue weighted by atomic mass is 10.2. The lowest BCUT2D eigenvalue weighted by Gasteiger charge is -2.05. The second-order valence-electron chi connectivity index (χ2n) is 3.29. The largest absolute Gasteiger partial charge is 0.469 e. The van der Waals surface area contributed by atoms with Crippen molar-refractivity contribution in [3.05, 3.63) is 16.1 Å². The molecule has 4 nitrogen and oxygen atoms in total. The van der Waals surface area contributed by atoms with E-state index < -0.39 is 0 Å². The number of ether oxygens (including phenoxy) is 2. The highest BCUT2D eigenvalue weighted by Crippen LogP contribution is 2.20. The van der Waals surface area contributed by atoms with Gasteiger partial charge in [0, 0.05) is 18.4 Å². The zero-order valence-electron chi connectivity index (χ0n) is 9.15. The lowest BCUT2D eigenvalue weighted by Crippen LogP contribution is -2.06. The Labute approximate surface area is 93.2 Å². The Kier molecular flexibility index (Phi) is 4.71. The van der Waals surface area contributed by atoms with Crippen molar-refractivity contribution in [2.75, 3.05) is 20.8 Å². The van der Waals surface area contributed by atoms with E-state index in [1.807, 2.05) is 12.3 Å². The Hall–Kier alpha value is -0.940. The number of esters is 1. The maximum absolute atomic E-state index is 11.0. The number of nitrogens with zero attached hydrogens (tertiary/aromatic N) is 1. The molecule has 1 heterocycles. The van der Waals surface area contributed by atoms with Crippen LogP contribution in [0.25, 0.3) is 0 Å². The van der Waals surface area contributed by atoms with Crippen molar-refractivity contribution in [3.8, 4) is 0 Å². The number of carbonyl (C=O) groups excluding carboxylic acids is 1. The number of methoxy groups -OCH3 is 2. The van der Waals surface area contributed by atoms with Crippen molar-refractivity contribution >= 4 is 17.3 Å². The third-order valence-corrected chi connectivity index (χ3v) is 3.09. The molecule has 0 N–H and O–H groups in total. The van der Waals surface area contributed by atoms with E-state index in [0.717, 1.165) is 10.7 Å². The van der Waals surface area contributed by atoms with E-state index in [2.05, 4.69) is 9.72 Å². The SMILES string of the molecule is COCC(C)c1nc(CC(=O)OC)cs1. The van der Waals surface area contributed by atoms with Crippen molar-refractivity contribution in [1.29, 1.82) is 0 Å². The van der Waals surface area contributed by atoms with E-state index >= 15 is 0 Å². The van der Waals surface area contributed by atoms with Gasteiger partial charge < -0.3 is 9.47 Å². The molecule has 0 aromatic carbocycles. The standard InChI is InChI=1S/C10H15NO3S/c1-7(5-13-2)10-11-8(6-15-10)4-9(12)14-3/h6-7H,4-5H2,1-3H3. The van der Waals surface area contributed by atoms with Gasteiger partial charge in [0.1, 0.15) is 0 Å². The Morgan fingerprint density at radius 2 is 2.33 bits per heavy atom. The van der Waals surface area contributed by atoms with Gasteiger partial charge in [-0.2, -0.15) is 0 Å².